The third kappa shape index (κ3) is 1.72. The molecule has 0 saturated heterocycles. The van der Waals surface area contributed by atoms with Crippen LogP contribution in [0, 0.1) is 0 Å². The highest BCUT2D eigenvalue weighted by atomic mass is 32.1. The van der Waals surface area contributed by atoms with Crippen LogP contribution in [0.3, 0.4) is 0 Å². The predicted octanol–water partition coefficient (Wildman–Crippen LogP) is 2.05. The number of fused-ring (bicyclic) bond motifs is 1. The first-order valence-electron chi connectivity index (χ1n) is 5.02. The molecule has 5 nitrogen and oxygen atoms in total. The summed E-state index contributed by atoms with van der Waals surface area (Å²) >= 11 is 1.37. The van der Waals surface area contributed by atoms with Crippen LogP contribution in [0.25, 0.3) is 16.2 Å². The van der Waals surface area contributed by atoms with Crippen molar-refractivity contribution >= 4 is 21.4 Å². The zero-order chi connectivity index (χ0) is 11.8. The first-order valence-corrected chi connectivity index (χ1v) is 5.84. The lowest BCUT2D eigenvalue weighted by Gasteiger charge is -1.99. The maximum absolute atomic E-state index is 5.59. The molecule has 3 aromatic rings. The fourth-order valence-electron chi connectivity index (χ4n) is 1.62. The van der Waals surface area contributed by atoms with Crippen molar-refractivity contribution in [2.24, 2.45) is 0 Å². The first-order chi connectivity index (χ1) is 8.26. The molecule has 6 heteroatoms. The van der Waals surface area contributed by atoms with Gasteiger partial charge in [-0.25, -0.2) is 9.50 Å². The van der Waals surface area contributed by atoms with E-state index in [2.05, 4.69) is 10.1 Å². The van der Waals surface area contributed by atoms with Gasteiger partial charge in [-0.05, 0) is 24.3 Å². The molecule has 0 fully saturated rings. The van der Waals surface area contributed by atoms with Gasteiger partial charge >= 0.3 is 0 Å². The van der Waals surface area contributed by atoms with Crippen LogP contribution in [-0.4, -0.2) is 21.7 Å². The van der Waals surface area contributed by atoms with E-state index in [9.17, 15) is 0 Å². The molecule has 17 heavy (non-hydrogen) atoms. The maximum atomic E-state index is 5.59. The molecular formula is C11H10N4OS. The summed E-state index contributed by atoms with van der Waals surface area (Å²) in [6.45, 7) is 0. The summed E-state index contributed by atoms with van der Waals surface area (Å²) < 4.78 is 6.81. The van der Waals surface area contributed by atoms with Crippen molar-refractivity contribution in [3.8, 4) is 17.0 Å². The molecule has 1 aromatic carbocycles. The zero-order valence-corrected chi connectivity index (χ0v) is 9.94. The number of anilines is 1. The lowest BCUT2D eigenvalue weighted by molar-refractivity contribution is 0.415. The number of imidazole rings is 1. The predicted molar refractivity (Wildman–Crippen MR) is 67.3 cm³/mol. The van der Waals surface area contributed by atoms with E-state index in [0.717, 1.165) is 22.0 Å². The van der Waals surface area contributed by atoms with Crippen molar-refractivity contribution in [1.82, 2.24) is 14.6 Å². The molecule has 0 aliphatic carbocycles. The van der Waals surface area contributed by atoms with Gasteiger partial charge in [0.15, 0.2) is 0 Å². The van der Waals surface area contributed by atoms with Crippen molar-refractivity contribution in [2.75, 3.05) is 12.8 Å². The van der Waals surface area contributed by atoms with E-state index in [0.29, 0.717) is 5.13 Å². The van der Waals surface area contributed by atoms with Crippen LogP contribution in [0.4, 0.5) is 5.13 Å². The molecule has 0 bridgehead atoms. The molecular weight excluding hydrogens is 236 g/mol. The fraction of sp³-hybridized carbons (Fsp3) is 0.0909. The summed E-state index contributed by atoms with van der Waals surface area (Å²) in [5.41, 5.74) is 7.50. The normalized spacial score (nSPS) is 10.9. The highest BCUT2D eigenvalue weighted by Crippen LogP contribution is 2.24. The second kappa shape index (κ2) is 3.74. The minimum absolute atomic E-state index is 0.522. The number of ether oxygens (including phenoxy) is 1. The largest absolute Gasteiger partial charge is 0.497 e. The number of nitrogen functional groups attached to an aromatic ring is 1. The highest BCUT2D eigenvalue weighted by molar-refractivity contribution is 7.20. The number of aromatic nitrogens is 3. The van der Waals surface area contributed by atoms with Gasteiger partial charge in [0.1, 0.15) is 5.75 Å². The third-order valence-electron chi connectivity index (χ3n) is 2.44. The third-order valence-corrected chi connectivity index (χ3v) is 3.20. The Morgan fingerprint density at radius 1 is 1.29 bits per heavy atom. The molecule has 2 aromatic heterocycles. The van der Waals surface area contributed by atoms with Crippen LogP contribution >= 0.6 is 11.3 Å². The van der Waals surface area contributed by atoms with Crippen molar-refractivity contribution in [1.29, 1.82) is 0 Å². The lowest BCUT2D eigenvalue weighted by Crippen LogP contribution is -1.85. The molecule has 0 saturated carbocycles. The second-order valence-corrected chi connectivity index (χ2v) is 4.51. The topological polar surface area (TPSA) is 65.4 Å². The van der Waals surface area contributed by atoms with Crippen molar-refractivity contribution in [3.63, 3.8) is 0 Å². The standard InChI is InChI=1S/C11H10N4OS/c1-16-8-4-2-7(3-5-8)9-6-15-11(13-9)17-10(12)14-15/h2-6H,1H3,(H2,12,14). The van der Waals surface area contributed by atoms with Gasteiger partial charge in [0, 0.05) is 5.56 Å². The second-order valence-electron chi connectivity index (χ2n) is 3.52. The van der Waals surface area contributed by atoms with Crippen LogP contribution in [0.2, 0.25) is 0 Å². The molecule has 0 aliphatic heterocycles. The van der Waals surface area contributed by atoms with Gasteiger partial charge in [0.05, 0.1) is 19.0 Å². The van der Waals surface area contributed by atoms with Gasteiger partial charge in [-0.15, -0.1) is 5.10 Å². The van der Waals surface area contributed by atoms with E-state index in [4.69, 9.17) is 10.5 Å². The minimum atomic E-state index is 0.522. The van der Waals surface area contributed by atoms with Crippen LogP contribution in [0.5, 0.6) is 5.75 Å². The molecule has 2 heterocycles. The Bertz CT molecular complexity index is 624. The summed E-state index contributed by atoms with van der Waals surface area (Å²) in [7, 11) is 1.65. The average Bonchev–Trinajstić information content (AvgIpc) is 2.86. The van der Waals surface area contributed by atoms with Gasteiger partial charge in [0.25, 0.3) is 0 Å². The van der Waals surface area contributed by atoms with E-state index in [1.54, 1.807) is 11.6 Å². The summed E-state index contributed by atoms with van der Waals surface area (Å²) in [4.78, 5) is 5.26. The van der Waals surface area contributed by atoms with E-state index in [1.165, 1.54) is 11.3 Å². The number of hydrogen-bond donors (Lipinski definition) is 1. The minimum Gasteiger partial charge on any atom is -0.497 e. The van der Waals surface area contributed by atoms with Crippen molar-refractivity contribution in [3.05, 3.63) is 30.5 Å². The lowest BCUT2D eigenvalue weighted by atomic mass is 10.2. The van der Waals surface area contributed by atoms with Crippen molar-refractivity contribution in [2.45, 2.75) is 0 Å². The van der Waals surface area contributed by atoms with Crippen LogP contribution < -0.4 is 10.5 Å². The SMILES string of the molecule is COc1ccc(-c2cn3nc(N)sc3n2)cc1. The molecule has 0 unspecified atom stereocenters. The Kier molecular flexibility index (Phi) is 2.22. The molecule has 0 atom stereocenters. The Morgan fingerprint density at radius 3 is 2.71 bits per heavy atom. The van der Waals surface area contributed by atoms with E-state index in [1.807, 2.05) is 30.5 Å². The summed E-state index contributed by atoms with van der Waals surface area (Å²) in [5, 5.41) is 4.64. The molecule has 2 N–H and O–H groups in total. The molecule has 3 rings (SSSR count). The van der Waals surface area contributed by atoms with Gasteiger partial charge in [-0.1, -0.05) is 11.3 Å². The van der Waals surface area contributed by atoms with Crippen LogP contribution in [0.15, 0.2) is 30.5 Å². The monoisotopic (exact) mass is 246 g/mol. The Labute approximate surface area is 101 Å². The molecule has 0 amide bonds. The Balaban J connectivity index is 2.04. The number of nitrogens with two attached hydrogens (primary N) is 1. The van der Waals surface area contributed by atoms with E-state index >= 15 is 0 Å². The van der Waals surface area contributed by atoms with Gasteiger partial charge in [-0.2, -0.15) is 0 Å². The number of nitrogens with zero attached hydrogens (tertiary/aromatic N) is 3. The van der Waals surface area contributed by atoms with E-state index < -0.39 is 0 Å². The number of rotatable bonds is 2. The van der Waals surface area contributed by atoms with E-state index in [-0.39, 0.29) is 0 Å². The summed E-state index contributed by atoms with van der Waals surface area (Å²) in [6, 6.07) is 7.75. The van der Waals surface area contributed by atoms with Gasteiger partial charge in [0.2, 0.25) is 10.1 Å². The number of methoxy groups -OCH3 is 1. The van der Waals surface area contributed by atoms with Crippen LogP contribution in [-0.2, 0) is 0 Å². The van der Waals surface area contributed by atoms with Crippen molar-refractivity contribution < 1.29 is 4.74 Å². The molecule has 0 aliphatic rings. The average molecular weight is 246 g/mol. The Morgan fingerprint density at radius 2 is 2.06 bits per heavy atom. The van der Waals surface area contributed by atoms with Gasteiger partial charge in [-0.3, -0.25) is 0 Å². The number of hydrogen-bond acceptors (Lipinski definition) is 5. The summed E-state index contributed by atoms with van der Waals surface area (Å²) in [5.74, 6) is 0.831. The van der Waals surface area contributed by atoms with Gasteiger partial charge < -0.3 is 10.5 Å². The fourth-order valence-corrected chi connectivity index (χ4v) is 2.26. The molecule has 86 valence electrons. The summed E-state index contributed by atoms with van der Waals surface area (Å²) in [6.07, 6.45) is 1.87. The quantitative estimate of drug-likeness (QED) is 0.751. The maximum Gasteiger partial charge on any atom is 0.214 e. The first kappa shape index (κ1) is 10.1. The highest BCUT2D eigenvalue weighted by Gasteiger charge is 2.07. The van der Waals surface area contributed by atoms with Crippen LogP contribution in [0.1, 0.15) is 0 Å². The smallest absolute Gasteiger partial charge is 0.214 e. The zero-order valence-electron chi connectivity index (χ0n) is 9.12. The molecule has 0 spiro atoms. The number of benzene rings is 1. The Hall–Kier alpha value is -2.08. The molecule has 0 radical (unpaired) electrons.